The minimum absolute atomic E-state index is 0.0454. The first-order valence-corrected chi connectivity index (χ1v) is 12.6. The van der Waals surface area contributed by atoms with Crippen molar-refractivity contribution in [2.45, 2.75) is 32.4 Å². The van der Waals surface area contributed by atoms with Crippen molar-refractivity contribution in [3.63, 3.8) is 0 Å². The summed E-state index contributed by atoms with van der Waals surface area (Å²) in [6.45, 7) is 1.72. The third-order valence-electron chi connectivity index (χ3n) is 6.22. The van der Waals surface area contributed by atoms with Crippen LogP contribution in [0.25, 0.3) is 22.1 Å². The lowest BCUT2D eigenvalue weighted by Crippen LogP contribution is -2.20. The number of benzene rings is 3. The van der Waals surface area contributed by atoms with Crippen LogP contribution in [0.2, 0.25) is 0 Å². The lowest BCUT2D eigenvalue weighted by atomic mass is 10.0. The monoisotopic (exact) mass is 555 g/mol. The first-order chi connectivity index (χ1) is 19.1. The van der Waals surface area contributed by atoms with E-state index in [1.165, 1.54) is 50.1 Å². The van der Waals surface area contributed by atoms with Crippen molar-refractivity contribution >= 4 is 22.6 Å². The van der Waals surface area contributed by atoms with Gasteiger partial charge in [0.1, 0.15) is 11.3 Å². The summed E-state index contributed by atoms with van der Waals surface area (Å²) >= 11 is 0. The first-order valence-electron chi connectivity index (χ1n) is 12.6. The molecule has 1 amide bonds. The lowest BCUT2D eigenvalue weighted by molar-refractivity contribution is -0.152. The van der Waals surface area contributed by atoms with Gasteiger partial charge in [0.2, 0.25) is 11.2 Å². The Morgan fingerprint density at radius 1 is 0.950 bits per heavy atom. The van der Waals surface area contributed by atoms with E-state index in [1.807, 2.05) is 12.1 Å². The second kappa shape index (κ2) is 12.1. The summed E-state index contributed by atoms with van der Waals surface area (Å²) in [5, 5.41) is 2.62. The van der Waals surface area contributed by atoms with Crippen LogP contribution in [0.3, 0.4) is 0 Å². The van der Waals surface area contributed by atoms with Crippen molar-refractivity contribution in [1.29, 1.82) is 0 Å². The number of hydrogen-bond donors (Lipinski definition) is 1. The Morgan fingerprint density at radius 2 is 1.68 bits per heavy atom. The molecule has 0 aliphatic rings. The highest BCUT2D eigenvalue weighted by atomic mass is 19.4. The molecular formula is C30H28F3NO6. The fraction of sp³-hybridized carbons (Fsp3) is 0.267. The average molecular weight is 556 g/mol. The molecule has 10 heteroatoms. The van der Waals surface area contributed by atoms with Crippen molar-refractivity contribution in [2.75, 3.05) is 26.1 Å². The van der Waals surface area contributed by atoms with Crippen molar-refractivity contribution in [3.8, 4) is 28.4 Å². The molecule has 4 rings (SSSR count). The summed E-state index contributed by atoms with van der Waals surface area (Å²) in [7, 11) is 2.72. The van der Waals surface area contributed by atoms with Gasteiger partial charge in [0.15, 0.2) is 18.1 Å². The van der Waals surface area contributed by atoms with Crippen LogP contribution in [-0.4, -0.2) is 26.7 Å². The predicted octanol–water partition coefficient (Wildman–Crippen LogP) is 6.86. The quantitative estimate of drug-likeness (QED) is 0.230. The largest absolute Gasteiger partial charge is 0.493 e. The maximum absolute atomic E-state index is 14.0. The molecule has 0 aliphatic carbocycles. The van der Waals surface area contributed by atoms with Gasteiger partial charge in [-0.05, 0) is 60.4 Å². The Kier molecular flexibility index (Phi) is 8.67. The van der Waals surface area contributed by atoms with Gasteiger partial charge < -0.3 is 23.9 Å². The molecule has 0 saturated heterocycles. The maximum atomic E-state index is 14.0. The van der Waals surface area contributed by atoms with Crippen LogP contribution in [0.15, 0.2) is 69.9 Å². The van der Waals surface area contributed by atoms with Gasteiger partial charge >= 0.3 is 6.18 Å². The van der Waals surface area contributed by atoms with E-state index in [1.54, 1.807) is 12.1 Å². The molecule has 0 atom stereocenters. The van der Waals surface area contributed by atoms with Gasteiger partial charge in [0.05, 0.1) is 25.2 Å². The van der Waals surface area contributed by atoms with Crippen LogP contribution in [0, 0.1) is 0 Å². The normalized spacial score (nSPS) is 11.3. The highest BCUT2D eigenvalue weighted by Crippen LogP contribution is 2.40. The summed E-state index contributed by atoms with van der Waals surface area (Å²) in [4.78, 5) is 25.6. The standard InChI is InChI=1S/C30H28F3NO6/c1-4-5-6-18-7-10-20(11-8-18)34-26(35)17-39-21-12-13-22-24(16-21)40-29(30(31,32)33)27(28(22)36)19-9-14-23(37-2)25(15-19)38-3/h7-16H,4-6,17H2,1-3H3,(H,34,35). The highest BCUT2D eigenvalue weighted by molar-refractivity contribution is 5.92. The Morgan fingerprint density at radius 3 is 2.33 bits per heavy atom. The van der Waals surface area contributed by atoms with Crippen molar-refractivity contribution < 1.29 is 36.6 Å². The fourth-order valence-electron chi connectivity index (χ4n) is 4.20. The van der Waals surface area contributed by atoms with Crippen LogP contribution in [0.4, 0.5) is 18.9 Å². The zero-order chi connectivity index (χ0) is 28.9. The minimum Gasteiger partial charge on any atom is -0.493 e. The average Bonchev–Trinajstić information content (AvgIpc) is 2.94. The van der Waals surface area contributed by atoms with E-state index < -0.39 is 35.4 Å². The Bertz CT molecular complexity index is 1560. The van der Waals surface area contributed by atoms with E-state index in [4.69, 9.17) is 18.6 Å². The number of amides is 1. The number of ether oxygens (including phenoxy) is 3. The number of aryl methyl sites for hydroxylation is 1. The van der Waals surface area contributed by atoms with Crippen molar-refractivity contribution in [3.05, 3.63) is 82.2 Å². The molecule has 210 valence electrons. The summed E-state index contributed by atoms with van der Waals surface area (Å²) in [6.07, 6.45) is -1.85. The summed E-state index contributed by atoms with van der Waals surface area (Å²) in [5.74, 6) is -1.41. The van der Waals surface area contributed by atoms with E-state index in [-0.39, 0.29) is 28.0 Å². The van der Waals surface area contributed by atoms with Crippen LogP contribution >= 0.6 is 0 Å². The van der Waals surface area contributed by atoms with Gasteiger partial charge in [0, 0.05) is 11.8 Å². The molecule has 1 heterocycles. The van der Waals surface area contributed by atoms with Crippen LogP contribution in [0.1, 0.15) is 31.1 Å². The summed E-state index contributed by atoms with van der Waals surface area (Å²) in [5.41, 5.74) is -0.155. The molecular weight excluding hydrogens is 527 g/mol. The van der Waals surface area contributed by atoms with E-state index in [9.17, 15) is 22.8 Å². The Labute approximate surface area is 228 Å². The number of carbonyl (C=O) groups is 1. The van der Waals surface area contributed by atoms with Crippen LogP contribution < -0.4 is 25.0 Å². The number of hydrogen-bond acceptors (Lipinski definition) is 6. The summed E-state index contributed by atoms with van der Waals surface area (Å²) in [6, 6.07) is 15.3. The molecule has 4 aromatic rings. The second-order valence-electron chi connectivity index (χ2n) is 9.00. The zero-order valence-corrected chi connectivity index (χ0v) is 22.2. The first kappa shape index (κ1) is 28.5. The Hall–Kier alpha value is -4.47. The number of carbonyl (C=O) groups excluding carboxylic acids is 1. The molecule has 0 aliphatic heterocycles. The number of alkyl halides is 3. The molecule has 0 saturated carbocycles. The number of unbranched alkanes of at least 4 members (excludes halogenated alkanes) is 1. The number of rotatable bonds is 10. The van der Waals surface area contributed by atoms with Crippen molar-refractivity contribution in [2.24, 2.45) is 0 Å². The molecule has 40 heavy (non-hydrogen) atoms. The summed E-state index contributed by atoms with van der Waals surface area (Å²) < 4.78 is 63.2. The highest BCUT2D eigenvalue weighted by Gasteiger charge is 2.39. The maximum Gasteiger partial charge on any atom is 0.450 e. The van der Waals surface area contributed by atoms with Gasteiger partial charge in [-0.1, -0.05) is 31.5 Å². The molecule has 0 unspecified atom stereocenters. The number of nitrogens with one attached hydrogen (secondary N) is 1. The van der Waals surface area contributed by atoms with E-state index >= 15 is 0 Å². The molecule has 7 nitrogen and oxygen atoms in total. The van der Waals surface area contributed by atoms with Crippen LogP contribution in [-0.2, 0) is 17.4 Å². The number of fused-ring (bicyclic) bond motifs is 1. The van der Waals surface area contributed by atoms with Gasteiger partial charge in [-0.15, -0.1) is 0 Å². The number of methoxy groups -OCH3 is 2. The third-order valence-corrected chi connectivity index (χ3v) is 6.22. The van der Waals surface area contributed by atoms with E-state index in [2.05, 4.69) is 12.2 Å². The van der Waals surface area contributed by atoms with E-state index in [0.29, 0.717) is 11.4 Å². The van der Waals surface area contributed by atoms with Gasteiger partial charge in [-0.25, -0.2) is 0 Å². The van der Waals surface area contributed by atoms with Gasteiger partial charge in [-0.3, -0.25) is 9.59 Å². The number of anilines is 1. The van der Waals surface area contributed by atoms with Gasteiger partial charge in [0.25, 0.3) is 5.91 Å². The number of halogens is 3. The third kappa shape index (κ3) is 6.39. The molecule has 0 spiro atoms. The lowest BCUT2D eigenvalue weighted by Gasteiger charge is -2.15. The topological polar surface area (TPSA) is 87.0 Å². The molecule has 1 aromatic heterocycles. The Balaban J connectivity index is 1.58. The van der Waals surface area contributed by atoms with E-state index in [0.717, 1.165) is 25.3 Å². The fourth-order valence-corrected chi connectivity index (χ4v) is 4.20. The molecule has 3 aromatic carbocycles. The SMILES string of the molecule is CCCCc1ccc(NC(=O)COc2ccc3c(=O)c(-c4ccc(OC)c(OC)c4)c(C(F)(F)F)oc3c2)cc1. The second-order valence-corrected chi connectivity index (χ2v) is 9.00. The zero-order valence-electron chi connectivity index (χ0n) is 22.2. The smallest absolute Gasteiger partial charge is 0.450 e. The van der Waals surface area contributed by atoms with Crippen molar-refractivity contribution in [1.82, 2.24) is 0 Å². The van der Waals surface area contributed by atoms with Gasteiger partial charge in [-0.2, -0.15) is 13.2 Å². The molecule has 1 N–H and O–H groups in total. The minimum atomic E-state index is -4.97. The van der Waals surface area contributed by atoms with Crippen LogP contribution in [0.5, 0.6) is 17.2 Å². The predicted molar refractivity (Wildman–Crippen MR) is 145 cm³/mol. The molecule has 0 fully saturated rings. The molecule has 0 bridgehead atoms. The molecule has 0 radical (unpaired) electrons.